The Morgan fingerprint density at radius 2 is 1.64 bits per heavy atom. The van der Waals surface area contributed by atoms with Crippen molar-refractivity contribution in [1.29, 1.82) is 0 Å². The Hall–Kier alpha value is -3.65. The highest BCUT2D eigenvalue weighted by Crippen LogP contribution is 2.43. The van der Waals surface area contributed by atoms with Gasteiger partial charge < -0.3 is 25.2 Å². The number of carbonyl (C=O) groups excluding carboxylic acids is 2. The second-order valence-electron chi connectivity index (χ2n) is 8.42. The quantitative estimate of drug-likeness (QED) is 0.583. The zero-order valence-corrected chi connectivity index (χ0v) is 18.1. The molecule has 0 unspecified atom stereocenters. The van der Waals surface area contributed by atoms with Gasteiger partial charge in [0.15, 0.2) is 0 Å². The number of carbonyl (C=O) groups is 3. The van der Waals surface area contributed by atoms with Gasteiger partial charge >= 0.3 is 5.97 Å². The van der Waals surface area contributed by atoms with Crippen LogP contribution in [0.5, 0.6) is 0 Å². The standard InChI is InChI=1S/C25H26N2O6/c28-20(29)14-26-23(31)21-22(30)25(10-12-33-13-11-25)16-27(24(21)32)15-17-6-8-19(9-7-17)18-4-2-1-3-5-18/h1-9,30H,10-16H2,(H,26,31)(H,28,29). The maximum absolute atomic E-state index is 13.2. The number of carboxylic acid groups (broad SMARTS) is 1. The molecule has 0 radical (unpaired) electrons. The molecule has 8 heteroatoms. The van der Waals surface area contributed by atoms with Crippen molar-refractivity contribution in [2.75, 3.05) is 26.3 Å². The Morgan fingerprint density at radius 3 is 2.27 bits per heavy atom. The molecule has 2 aromatic carbocycles. The summed E-state index contributed by atoms with van der Waals surface area (Å²) in [6.45, 7) is 0.695. The summed E-state index contributed by atoms with van der Waals surface area (Å²) in [5.74, 6) is -2.99. The Labute approximate surface area is 191 Å². The van der Waals surface area contributed by atoms with Crippen LogP contribution in [0, 0.1) is 5.41 Å². The largest absolute Gasteiger partial charge is 0.511 e. The summed E-state index contributed by atoms with van der Waals surface area (Å²) in [5, 5.41) is 22.1. The number of benzene rings is 2. The van der Waals surface area contributed by atoms with Crippen LogP contribution in [0.25, 0.3) is 11.1 Å². The number of rotatable bonds is 6. The van der Waals surface area contributed by atoms with Gasteiger partial charge in [-0.2, -0.15) is 0 Å². The van der Waals surface area contributed by atoms with Crippen LogP contribution >= 0.6 is 0 Å². The van der Waals surface area contributed by atoms with Gasteiger partial charge in [-0.1, -0.05) is 54.6 Å². The van der Waals surface area contributed by atoms with Gasteiger partial charge in [-0.3, -0.25) is 14.4 Å². The average molecular weight is 450 g/mol. The van der Waals surface area contributed by atoms with Gasteiger partial charge in [0, 0.05) is 26.3 Å². The van der Waals surface area contributed by atoms with E-state index in [9.17, 15) is 19.5 Å². The van der Waals surface area contributed by atoms with E-state index < -0.39 is 29.7 Å². The Balaban J connectivity index is 1.60. The monoisotopic (exact) mass is 450 g/mol. The first-order chi connectivity index (χ1) is 15.9. The van der Waals surface area contributed by atoms with Gasteiger partial charge in [0.1, 0.15) is 17.9 Å². The molecule has 1 fully saturated rings. The predicted octanol–water partition coefficient (Wildman–Crippen LogP) is 2.51. The summed E-state index contributed by atoms with van der Waals surface area (Å²) in [7, 11) is 0. The maximum Gasteiger partial charge on any atom is 0.322 e. The molecule has 33 heavy (non-hydrogen) atoms. The summed E-state index contributed by atoms with van der Waals surface area (Å²) in [5.41, 5.74) is 1.86. The van der Waals surface area contributed by atoms with Crippen molar-refractivity contribution < 1.29 is 29.3 Å². The zero-order valence-electron chi connectivity index (χ0n) is 18.1. The number of carboxylic acids is 1. The highest BCUT2D eigenvalue weighted by atomic mass is 16.5. The fourth-order valence-corrected chi connectivity index (χ4v) is 4.42. The fraction of sp³-hybridized carbons (Fsp3) is 0.320. The molecular formula is C25H26N2O6. The molecule has 4 rings (SSSR count). The molecule has 2 aromatic rings. The van der Waals surface area contributed by atoms with E-state index in [4.69, 9.17) is 9.84 Å². The highest BCUT2D eigenvalue weighted by Gasteiger charge is 2.48. The van der Waals surface area contributed by atoms with Crippen LogP contribution in [0.3, 0.4) is 0 Å². The third-order valence-electron chi connectivity index (χ3n) is 6.25. The maximum atomic E-state index is 13.2. The van der Waals surface area contributed by atoms with Gasteiger partial charge in [-0.15, -0.1) is 0 Å². The van der Waals surface area contributed by atoms with E-state index in [2.05, 4.69) is 5.32 Å². The smallest absolute Gasteiger partial charge is 0.322 e. The van der Waals surface area contributed by atoms with E-state index in [0.717, 1.165) is 16.7 Å². The first-order valence-corrected chi connectivity index (χ1v) is 10.8. The summed E-state index contributed by atoms with van der Waals surface area (Å²) in [6.07, 6.45) is 0.927. The normalized spacial score (nSPS) is 17.8. The molecule has 0 aromatic heterocycles. The first-order valence-electron chi connectivity index (χ1n) is 10.8. The van der Waals surface area contributed by atoms with Crippen molar-refractivity contribution in [2.24, 2.45) is 5.41 Å². The van der Waals surface area contributed by atoms with Gasteiger partial charge in [0.25, 0.3) is 11.8 Å². The molecule has 2 aliphatic rings. The molecule has 2 heterocycles. The number of hydrogen-bond acceptors (Lipinski definition) is 5. The Morgan fingerprint density at radius 1 is 1.00 bits per heavy atom. The Bertz CT molecular complexity index is 1070. The van der Waals surface area contributed by atoms with E-state index in [0.29, 0.717) is 26.1 Å². The topological polar surface area (TPSA) is 116 Å². The summed E-state index contributed by atoms with van der Waals surface area (Å²) >= 11 is 0. The summed E-state index contributed by atoms with van der Waals surface area (Å²) in [4.78, 5) is 38.3. The number of aliphatic hydroxyl groups is 1. The molecule has 172 valence electrons. The Kier molecular flexibility index (Phi) is 6.46. The van der Waals surface area contributed by atoms with E-state index in [1.165, 1.54) is 0 Å². The second kappa shape index (κ2) is 9.46. The van der Waals surface area contributed by atoms with Crippen LogP contribution in [0.4, 0.5) is 0 Å². The van der Waals surface area contributed by atoms with E-state index in [-0.39, 0.29) is 24.4 Å². The third-order valence-corrected chi connectivity index (χ3v) is 6.25. The van der Waals surface area contributed by atoms with E-state index in [1.54, 1.807) is 4.90 Å². The van der Waals surface area contributed by atoms with Crippen LogP contribution in [0.15, 0.2) is 65.9 Å². The summed E-state index contributed by atoms with van der Waals surface area (Å²) < 4.78 is 5.44. The second-order valence-corrected chi connectivity index (χ2v) is 8.42. The summed E-state index contributed by atoms with van der Waals surface area (Å²) in [6, 6.07) is 17.8. The fourth-order valence-electron chi connectivity index (χ4n) is 4.42. The first kappa shape index (κ1) is 22.5. The molecule has 3 N–H and O–H groups in total. The molecule has 0 bridgehead atoms. The number of aliphatic carboxylic acids is 1. The van der Waals surface area contributed by atoms with Gasteiger partial charge in [-0.05, 0) is 29.5 Å². The molecular weight excluding hydrogens is 424 g/mol. The average Bonchev–Trinajstić information content (AvgIpc) is 2.83. The minimum Gasteiger partial charge on any atom is -0.511 e. The lowest BCUT2D eigenvalue weighted by atomic mass is 9.73. The third kappa shape index (κ3) is 4.75. The zero-order chi connectivity index (χ0) is 23.4. The lowest BCUT2D eigenvalue weighted by molar-refractivity contribution is -0.140. The van der Waals surface area contributed by atoms with E-state index >= 15 is 0 Å². The number of hydrogen-bond donors (Lipinski definition) is 3. The van der Waals surface area contributed by atoms with Crippen LogP contribution in [-0.2, 0) is 25.7 Å². The lowest BCUT2D eigenvalue weighted by Gasteiger charge is -2.44. The van der Waals surface area contributed by atoms with Gasteiger partial charge in [0.2, 0.25) is 0 Å². The van der Waals surface area contributed by atoms with Crippen molar-refractivity contribution in [3.63, 3.8) is 0 Å². The van der Waals surface area contributed by atoms with Crippen molar-refractivity contribution in [1.82, 2.24) is 10.2 Å². The minimum atomic E-state index is -1.23. The van der Waals surface area contributed by atoms with Crippen LogP contribution in [-0.4, -0.2) is 59.2 Å². The number of amides is 2. The lowest BCUT2D eigenvalue weighted by Crippen LogP contribution is -2.52. The van der Waals surface area contributed by atoms with Crippen LogP contribution < -0.4 is 5.32 Å². The van der Waals surface area contributed by atoms with Crippen molar-refractivity contribution in [2.45, 2.75) is 19.4 Å². The highest BCUT2D eigenvalue weighted by molar-refractivity contribution is 6.19. The minimum absolute atomic E-state index is 0.261. The molecule has 1 spiro atoms. The molecule has 0 aliphatic carbocycles. The van der Waals surface area contributed by atoms with Gasteiger partial charge in [0.05, 0.1) is 5.41 Å². The number of nitrogens with zero attached hydrogens (tertiary/aromatic N) is 1. The molecule has 8 nitrogen and oxygen atoms in total. The molecule has 1 saturated heterocycles. The number of ether oxygens (including phenoxy) is 1. The van der Waals surface area contributed by atoms with Crippen LogP contribution in [0.2, 0.25) is 0 Å². The molecule has 2 amide bonds. The van der Waals surface area contributed by atoms with Crippen molar-refractivity contribution in [3.05, 3.63) is 71.5 Å². The van der Waals surface area contributed by atoms with E-state index in [1.807, 2.05) is 54.6 Å². The molecule has 2 aliphatic heterocycles. The van der Waals surface area contributed by atoms with Crippen molar-refractivity contribution in [3.8, 4) is 11.1 Å². The molecule has 0 saturated carbocycles. The van der Waals surface area contributed by atoms with Crippen molar-refractivity contribution >= 4 is 17.8 Å². The van der Waals surface area contributed by atoms with Crippen LogP contribution in [0.1, 0.15) is 18.4 Å². The SMILES string of the molecule is O=C(O)CNC(=O)C1=C(O)C2(CCOCC2)CN(Cc2ccc(-c3ccccc3)cc2)C1=O. The number of aliphatic hydroxyl groups excluding tert-OH is 1. The van der Waals surface area contributed by atoms with Gasteiger partial charge in [-0.25, -0.2) is 0 Å². The number of nitrogens with one attached hydrogen (secondary N) is 1. The predicted molar refractivity (Wildman–Crippen MR) is 120 cm³/mol. The molecule has 0 atom stereocenters.